The van der Waals surface area contributed by atoms with Gasteiger partial charge in [0.05, 0.1) is 0 Å². The third kappa shape index (κ3) is 2.56. The van der Waals surface area contributed by atoms with Crippen LogP contribution in [0.4, 0.5) is 0 Å². The van der Waals surface area contributed by atoms with Crippen LogP contribution in [-0.4, -0.2) is 0 Å². The highest BCUT2D eigenvalue weighted by Gasteiger charge is 2.06. The number of aryl methyl sites for hydroxylation is 1. The van der Waals surface area contributed by atoms with Crippen molar-refractivity contribution >= 4 is 0 Å². The second kappa shape index (κ2) is 5.15. The molecule has 0 amide bonds. The van der Waals surface area contributed by atoms with Crippen molar-refractivity contribution in [3.05, 3.63) is 59.7 Å². The fraction of sp³-hybridized carbons (Fsp3) is 0.250. The molecule has 0 fully saturated rings. The zero-order chi connectivity index (χ0) is 12.3. The minimum Gasteiger partial charge on any atom is -0.324 e. The molecule has 0 bridgehead atoms. The van der Waals surface area contributed by atoms with Crippen molar-refractivity contribution in [1.82, 2.24) is 0 Å². The minimum atomic E-state index is 0.138. The van der Waals surface area contributed by atoms with Crippen LogP contribution in [0.1, 0.15) is 30.5 Å². The average molecular weight is 225 g/mol. The Kier molecular flexibility index (Phi) is 3.60. The lowest BCUT2D eigenvalue weighted by molar-refractivity contribution is 0.699. The van der Waals surface area contributed by atoms with Crippen molar-refractivity contribution in [3.8, 4) is 11.1 Å². The largest absolute Gasteiger partial charge is 0.324 e. The zero-order valence-electron chi connectivity index (χ0n) is 10.5. The van der Waals surface area contributed by atoms with Gasteiger partial charge in [-0.2, -0.15) is 0 Å². The van der Waals surface area contributed by atoms with E-state index in [0.717, 1.165) is 6.42 Å². The summed E-state index contributed by atoms with van der Waals surface area (Å²) < 4.78 is 0. The molecule has 1 unspecified atom stereocenters. The van der Waals surface area contributed by atoms with E-state index in [1.165, 1.54) is 22.3 Å². The molecule has 2 aromatic carbocycles. The molecule has 88 valence electrons. The lowest BCUT2D eigenvalue weighted by atomic mass is 9.96. The molecule has 1 nitrogen and oxygen atoms in total. The molecular weight excluding hydrogens is 206 g/mol. The molecule has 0 spiro atoms. The Morgan fingerprint density at radius 1 is 1.06 bits per heavy atom. The molecule has 0 aliphatic rings. The smallest absolute Gasteiger partial charge is 0.0292 e. The van der Waals surface area contributed by atoms with Crippen molar-refractivity contribution < 1.29 is 0 Å². The van der Waals surface area contributed by atoms with E-state index >= 15 is 0 Å². The van der Waals surface area contributed by atoms with Crippen molar-refractivity contribution in [2.24, 2.45) is 5.73 Å². The molecule has 2 aromatic rings. The number of hydrogen-bond acceptors (Lipinski definition) is 1. The minimum absolute atomic E-state index is 0.138. The highest BCUT2D eigenvalue weighted by molar-refractivity contribution is 5.67. The van der Waals surface area contributed by atoms with Crippen LogP contribution in [0.25, 0.3) is 11.1 Å². The van der Waals surface area contributed by atoms with Gasteiger partial charge in [-0.25, -0.2) is 0 Å². The molecule has 0 radical (unpaired) electrons. The maximum absolute atomic E-state index is 6.08. The van der Waals surface area contributed by atoms with Crippen molar-refractivity contribution in [3.63, 3.8) is 0 Å². The highest BCUT2D eigenvalue weighted by Crippen LogP contribution is 2.26. The summed E-state index contributed by atoms with van der Waals surface area (Å²) in [5, 5.41) is 0. The lowest BCUT2D eigenvalue weighted by Crippen LogP contribution is -2.08. The van der Waals surface area contributed by atoms with E-state index in [1.54, 1.807) is 0 Å². The van der Waals surface area contributed by atoms with Gasteiger partial charge >= 0.3 is 0 Å². The molecule has 0 aliphatic carbocycles. The van der Waals surface area contributed by atoms with E-state index in [4.69, 9.17) is 5.73 Å². The number of rotatable bonds is 3. The van der Waals surface area contributed by atoms with Crippen LogP contribution in [0.2, 0.25) is 0 Å². The van der Waals surface area contributed by atoms with Gasteiger partial charge in [-0.1, -0.05) is 49.4 Å². The Hall–Kier alpha value is -1.60. The second-order valence-corrected chi connectivity index (χ2v) is 4.46. The summed E-state index contributed by atoms with van der Waals surface area (Å²) in [6, 6.07) is 17.1. The quantitative estimate of drug-likeness (QED) is 0.837. The predicted octanol–water partition coefficient (Wildman–Crippen LogP) is 4.07. The fourth-order valence-corrected chi connectivity index (χ4v) is 2.07. The second-order valence-electron chi connectivity index (χ2n) is 4.46. The summed E-state index contributed by atoms with van der Waals surface area (Å²) in [5.41, 5.74) is 11.1. The third-order valence-electron chi connectivity index (χ3n) is 3.21. The van der Waals surface area contributed by atoms with Gasteiger partial charge < -0.3 is 5.73 Å². The highest BCUT2D eigenvalue weighted by atomic mass is 14.6. The Bertz CT molecular complexity index is 502. The molecule has 0 aliphatic heterocycles. The van der Waals surface area contributed by atoms with Crippen molar-refractivity contribution in [1.29, 1.82) is 0 Å². The summed E-state index contributed by atoms with van der Waals surface area (Å²) in [5.74, 6) is 0. The lowest BCUT2D eigenvalue weighted by Gasteiger charge is -2.12. The number of hydrogen-bond donors (Lipinski definition) is 1. The molecular formula is C16H19N. The molecule has 1 heteroatoms. The molecule has 0 saturated heterocycles. The van der Waals surface area contributed by atoms with Gasteiger partial charge in [0.2, 0.25) is 0 Å². The van der Waals surface area contributed by atoms with Crippen LogP contribution in [-0.2, 0) is 0 Å². The van der Waals surface area contributed by atoms with Crippen LogP contribution in [0, 0.1) is 6.92 Å². The third-order valence-corrected chi connectivity index (χ3v) is 3.21. The normalized spacial score (nSPS) is 12.4. The first-order chi connectivity index (χ1) is 8.22. The van der Waals surface area contributed by atoms with E-state index in [0.29, 0.717) is 0 Å². The van der Waals surface area contributed by atoms with Gasteiger partial charge in [0.15, 0.2) is 0 Å². The Labute approximate surface area is 103 Å². The number of nitrogens with two attached hydrogens (primary N) is 1. The molecule has 2 N–H and O–H groups in total. The Morgan fingerprint density at radius 3 is 2.53 bits per heavy atom. The molecule has 2 rings (SSSR count). The Balaban J connectivity index is 2.43. The summed E-state index contributed by atoms with van der Waals surface area (Å²) in [7, 11) is 0. The van der Waals surface area contributed by atoms with E-state index in [9.17, 15) is 0 Å². The summed E-state index contributed by atoms with van der Waals surface area (Å²) in [4.78, 5) is 0. The van der Waals surface area contributed by atoms with Crippen LogP contribution in [0.5, 0.6) is 0 Å². The first-order valence-electron chi connectivity index (χ1n) is 6.14. The fourth-order valence-electron chi connectivity index (χ4n) is 2.07. The van der Waals surface area contributed by atoms with Gasteiger partial charge in [-0.3, -0.25) is 0 Å². The zero-order valence-corrected chi connectivity index (χ0v) is 10.5. The monoisotopic (exact) mass is 225 g/mol. The van der Waals surface area contributed by atoms with Crippen LogP contribution < -0.4 is 5.73 Å². The first kappa shape index (κ1) is 11.9. The summed E-state index contributed by atoms with van der Waals surface area (Å²) in [6.07, 6.45) is 0.969. The van der Waals surface area contributed by atoms with Crippen LogP contribution in [0.15, 0.2) is 48.5 Å². The van der Waals surface area contributed by atoms with Crippen molar-refractivity contribution in [2.75, 3.05) is 0 Å². The van der Waals surface area contributed by atoms with E-state index in [2.05, 4.69) is 62.4 Å². The van der Waals surface area contributed by atoms with Crippen LogP contribution >= 0.6 is 0 Å². The maximum atomic E-state index is 6.08. The van der Waals surface area contributed by atoms with Gasteiger partial charge in [-0.05, 0) is 41.7 Å². The van der Waals surface area contributed by atoms with Gasteiger partial charge in [-0.15, -0.1) is 0 Å². The predicted molar refractivity (Wildman–Crippen MR) is 73.8 cm³/mol. The maximum Gasteiger partial charge on any atom is 0.0292 e. The van der Waals surface area contributed by atoms with E-state index in [1.807, 2.05) is 0 Å². The van der Waals surface area contributed by atoms with Gasteiger partial charge in [0.1, 0.15) is 0 Å². The Morgan fingerprint density at radius 2 is 1.82 bits per heavy atom. The molecule has 0 saturated carbocycles. The number of benzene rings is 2. The SMILES string of the molecule is CCC(N)c1cccc(-c2ccccc2C)c1. The van der Waals surface area contributed by atoms with Gasteiger partial charge in [0, 0.05) is 6.04 Å². The summed E-state index contributed by atoms with van der Waals surface area (Å²) >= 11 is 0. The molecule has 0 heterocycles. The van der Waals surface area contributed by atoms with Gasteiger partial charge in [0.25, 0.3) is 0 Å². The molecule has 17 heavy (non-hydrogen) atoms. The van der Waals surface area contributed by atoms with E-state index in [-0.39, 0.29) is 6.04 Å². The van der Waals surface area contributed by atoms with Crippen LogP contribution in [0.3, 0.4) is 0 Å². The average Bonchev–Trinajstić information content (AvgIpc) is 2.38. The summed E-state index contributed by atoms with van der Waals surface area (Å²) in [6.45, 7) is 4.26. The van der Waals surface area contributed by atoms with E-state index < -0.39 is 0 Å². The van der Waals surface area contributed by atoms with Crippen molar-refractivity contribution in [2.45, 2.75) is 26.3 Å². The molecule has 0 aromatic heterocycles. The topological polar surface area (TPSA) is 26.0 Å². The first-order valence-corrected chi connectivity index (χ1v) is 6.14. The standard InChI is InChI=1S/C16H19N/c1-3-16(17)14-9-6-8-13(11-14)15-10-5-4-7-12(15)2/h4-11,16H,3,17H2,1-2H3. The molecule has 1 atom stereocenters.